The highest BCUT2D eigenvalue weighted by Gasteiger charge is 2.31. The number of nitrogens with one attached hydrogen (secondary N) is 1. The molecule has 0 spiro atoms. The monoisotopic (exact) mass is 467 g/mol. The fourth-order valence-corrected chi connectivity index (χ4v) is 4.65. The summed E-state index contributed by atoms with van der Waals surface area (Å²) in [5.41, 5.74) is 11.6. The van der Waals surface area contributed by atoms with Gasteiger partial charge in [-0.15, -0.1) is 0 Å². The van der Waals surface area contributed by atoms with Gasteiger partial charge in [0.1, 0.15) is 5.75 Å². The largest absolute Gasteiger partial charge is 0.493 e. The molecule has 1 aromatic carbocycles. The molecule has 1 aromatic heterocycles. The van der Waals surface area contributed by atoms with Crippen molar-refractivity contribution < 1.29 is 14.3 Å². The van der Waals surface area contributed by atoms with Crippen molar-refractivity contribution in [3.05, 3.63) is 69.9 Å². The highest BCUT2D eigenvalue weighted by atomic mass is 32.2. The number of carbonyl (C=O) groups excluding carboxylic acids is 2. The predicted octanol–water partition coefficient (Wildman–Crippen LogP) is 5.43. The Bertz CT molecular complexity index is 990. The Morgan fingerprint density at radius 3 is 2.64 bits per heavy atom. The quantitative estimate of drug-likeness (QED) is 0.254. The van der Waals surface area contributed by atoms with Gasteiger partial charge < -0.3 is 4.74 Å². The molecule has 1 aliphatic heterocycles. The van der Waals surface area contributed by atoms with Crippen LogP contribution >= 0.6 is 11.8 Å². The van der Waals surface area contributed by atoms with Crippen molar-refractivity contribution in [3.8, 4) is 5.75 Å². The van der Waals surface area contributed by atoms with Gasteiger partial charge in [0, 0.05) is 29.8 Å². The number of hydrogen-bond acceptors (Lipinski definition) is 6. The summed E-state index contributed by atoms with van der Waals surface area (Å²) in [5, 5.41) is 5.28. The first-order valence-electron chi connectivity index (χ1n) is 11.1. The lowest BCUT2D eigenvalue weighted by atomic mass is 9.90. The van der Waals surface area contributed by atoms with Crippen molar-refractivity contribution >= 4 is 22.9 Å². The number of nitrogens with zero attached hydrogens (tertiary/aromatic N) is 4. The summed E-state index contributed by atoms with van der Waals surface area (Å²) in [4.78, 5) is 30.4. The fraction of sp³-hybridized carbons (Fsp3) is 0.458. The third kappa shape index (κ3) is 7.80. The molecular formula is C24H29N5O3S. The number of imide groups is 1. The van der Waals surface area contributed by atoms with Gasteiger partial charge in [-0.2, -0.15) is 0 Å². The van der Waals surface area contributed by atoms with E-state index < -0.39 is 0 Å². The maximum absolute atomic E-state index is 11.7. The summed E-state index contributed by atoms with van der Waals surface area (Å²) < 4.78 is 5.84. The molecule has 0 radical (unpaired) electrons. The first-order chi connectivity index (χ1) is 15.9. The van der Waals surface area contributed by atoms with Crippen LogP contribution in [0, 0.1) is 5.92 Å². The lowest BCUT2D eigenvalue weighted by Gasteiger charge is -2.17. The molecule has 2 aromatic rings. The Kier molecular flexibility index (Phi) is 9.15. The molecule has 8 nitrogen and oxygen atoms in total. The second-order valence-corrected chi connectivity index (χ2v) is 9.57. The topological polar surface area (TPSA) is 117 Å². The molecule has 3 rings (SSSR count). The molecule has 174 valence electrons. The molecule has 0 aliphatic carbocycles. The van der Waals surface area contributed by atoms with Crippen LogP contribution < -0.4 is 10.1 Å². The zero-order chi connectivity index (χ0) is 23.6. The van der Waals surface area contributed by atoms with Crippen LogP contribution in [0.3, 0.4) is 0 Å². The van der Waals surface area contributed by atoms with Gasteiger partial charge in [-0.25, -0.2) is 0 Å². The number of rotatable bonds is 12. The third-order valence-electron chi connectivity index (χ3n) is 5.70. The molecule has 0 bridgehead atoms. The lowest BCUT2D eigenvalue weighted by Crippen LogP contribution is -2.25. The maximum Gasteiger partial charge on any atom is 0.286 e. The first-order valence-corrected chi connectivity index (χ1v) is 12.0. The number of aromatic nitrogens is 1. The summed E-state index contributed by atoms with van der Waals surface area (Å²) in [7, 11) is 0. The molecule has 33 heavy (non-hydrogen) atoms. The Balaban J connectivity index is 1.41. The highest BCUT2D eigenvalue weighted by molar-refractivity contribution is 8.15. The van der Waals surface area contributed by atoms with Gasteiger partial charge in [0.15, 0.2) is 0 Å². The SMILES string of the molecule is CC(CCN=[N+]=[N-])CC(C)c1ccc(CCOc2ccc(CC3SC(=O)NC3=O)cc2)nc1. The van der Waals surface area contributed by atoms with E-state index in [2.05, 4.69) is 46.3 Å². The Labute approximate surface area is 198 Å². The smallest absolute Gasteiger partial charge is 0.286 e. The number of azide groups is 1. The number of amides is 2. The van der Waals surface area contributed by atoms with E-state index in [4.69, 9.17) is 10.3 Å². The van der Waals surface area contributed by atoms with E-state index in [0.717, 1.165) is 41.6 Å². The normalized spacial score (nSPS) is 17.2. The van der Waals surface area contributed by atoms with Crippen molar-refractivity contribution in [3.63, 3.8) is 0 Å². The summed E-state index contributed by atoms with van der Waals surface area (Å²) >= 11 is 1.04. The van der Waals surface area contributed by atoms with Gasteiger partial charge in [0.2, 0.25) is 5.91 Å². The average molecular weight is 468 g/mol. The summed E-state index contributed by atoms with van der Waals surface area (Å²) in [6.45, 7) is 5.44. The van der Waals surface area contributed by atoms with E-state index in [1.165, 1.54) is 5.56 Å². The number of carbonyl (C=O) groups is 2. The number of ether oxygens (including phenoxy) is 1. The number of hydrogen-bond donors (Lipinski definition) is 1. The minimum Gasteiger partial charge on any atom is -0.493 e. The van der Waals surface area contributed by atoms with E-state index in [1.807, 2.05) is 30.5 Å². The molecule has 1 saturated heterocycles. The molecule has 3 atom stereocenters. The van der Waals surface area contributed by atoms with Crippen LogP contribution in [0.25, 0.3) is 10.4 Å². The molecule has 1 N–H and O–H groups in total. The third-order valence-corrected chi connectivity index (χ3v) is 6.68. The summed E-state index contributed by atoms with van der Waals surface area (Å²) in [6.07, 6.45) is 5.09. The van der Waals surface area contributed by atoms with Crippen LogP contribution in [0.4, 0.5) is 4.79 Å². The molecule has 1 fully saturated rings. The molecule has 2 amide bonds. The van der Waals surface area contributed by atoms with E-state index in [-0.39, 0.29) is 16.4 Å². The van der Waals surface area contributed by atoms with Gasteiger partial charge >= 0.3 is 0 Å². The van der Waals surface area contributed by atoms with Crippen molar-refractivity contribution in [1.82, 2.24) is 10.3 Å². The van der Waals surface area contributed by atoms with Crippen molar-refractivity contribution in [2.24, 2.45) is 11.0 Å². The van der Waals surface area contributed by atoms with Crippen LogP contribution in [0.5, 0.6) is 5.75 Å². The first kappa shape index (κ1) is 24.6. The number of thioether (sulfide) groups is 1. The fourth-order valence-electron chi connectivity index (χ4n) is 3.79. The molecule has 9 heteroatoms. The minimum atomic E-state index is -0.359. The highest BCUT2D eigenvalue weighted by Crippen LogP contribution is 2.25. The van der Waals surface area contributed by atoms with Gasteiger partial charge in [-0.05, 0) is 66.0 Å². The van der Waals surface area contributed by atoms with Gasteiger partial charge in [0.25, 0.3) is 5.24 Å². The van der Waals surface area contributed by atoms with Crippen LogP contribution in [0.2, 0.25) is 0 Å². The predicted molar refractivity (Wildman–Crippen MR) is 129 cm³/mol. The van der Waals surface area contributed by atoms with E-state index in [9.17, 15) is 9.59 Å². The second kappa shape index (κ2) is 12.3. The van der Waals surface area contributed by atoms with Crippen molar-refractivity contribution in [2.75, 3.05) is 13.2 Å². The molecule has 0 saturated carbocycles. The van der Waals surface area contributed by atoms with E-state index >= 15 is 0 Å². The minimum absolute atomic E-state index is 0.224. The van der Waals surface area contributed by atoms with Crippen LogP contribution in [-0.4, -0.2) is 34.5 Å². The maximum atomic E-state index is 11.7. The second-order valence-electron chi connectivity index (χ2n) is 8.40. The number of pyridine rings is 1. The molecule has 1 aliphatic rings. The van der Waals surface area contributed by atoms with Gasteiger partial charge in [-0.1, -0.05) is 48.9 Å². The van der Waals surface area contributed by atoms with Crippen LogP contribution in [0.1, 0.15) is 49.4 Å². The van der Waals surface area contributed by atoms with Crippen molar-refractivity contribution in [2.45, 2.75) is 50.7 Å². The summed E-state index contributed by atoms with van der Waals surface area (Å²) in [5.74, 6) is 1.42. The average Bonchev–Trinajstić information content (AvgIpc) is 3.12. The zero-order valence-electron chi connectivity index (χ0n) is 18.9. The Hall–Kier alpha value is -3.03. The zero-order valence-corrected chi connectivity index (χ0v) is 19.8. The summed E-state index contributed by atoms with van der Waals surface area (Å²) in [6, 6.07) is 11.8. The van der Waals surface area contributed by atoms with Crippen molar-refractivity contribution in [1.29, 1.82) is 0 Å². The standard InChI is InChI=1S/C24H29N5O3S/c1-16(9-11-27-29-25)13-17(2)19-5-6-20(26-15-19)10-12-32-21-7-3-18(4-8-21)14-22-23(30)28-24(31)33-22/h3-8,15-17,22H,9-14H2,1-2H3,(H,28,30,31). The van der Waals surface area contributed by atoms with E-state index in [1.54, 1.807) is 0 Å². The Morgan fingerprint density at radius 1 is 1.21 bits per heavy atom. The van der Waals surface area contributed by atoms with E-state index in [0.29, 0.717) is 37.8 Å². The van der Waals surface area contributed by atoms with Gasteiger partial charge in [0.05, 0.1) is 11.9 Å². The van der Waals surface area contributed by atoms with Gasteiger partial charge in [-0.3, -0.25) is 19.9 Å². The Morgan fingerprint density at radius 2 is 2.00 bits per heavy atom. The molecule has 3 unspecified atom stereocenters. The van der Waals surface area contributed by atoms with Crippen LogP contribution in [-0.2, 0) is 17.6 Å². The number of benzene rings is 1. The molecular weight excluding hydrogens is 438 g/mol. The molecule has 2 heterocycles. The van der Waals surface area contributed by atoms with Crippen LogP contribution in [0.15, 0.2) is 47.7 Å². The lowest BCUT2D eigenvalue weighted by molar-refractivity contribution is -0.118.